The van der Waals surface area contributed by atoms with Gasteiger partial charge in [0.15, 0.2) is 0 Å². The van der Waals surface area contributed by atoms with Gasteiger partial charge < -0.3 is 9.47 Å². The third-order valence-corrected chi connectivity index (χ3v) is 5.19. The Hall–Kier alpha value is -2.73. The second-order valence-corrected chi connectivity index (χ2v) is 8.56. The molecule has 0 saturated carbocycles. The second kappa shape index (κ2) is 9.82. The third kappa shape index (κ3) is 6.89. The van der Waals surface area contributed by atoms with Gasteiger partial charge in [-0.05, 0) is 29.8 Å². The molecular formula is C18H18B3F3O7S. The highest BCUT2D eigenvalue weighted by Crippen LogP contribution is 2.25. The maximum Gasteiger partial charge on any atom is 0.426 e. The minimum atomic E-state index is -5.20. The first-order chi connectivity index (χ1) is 14.7. The molecule has 0 fully saturated rings. The number of benzene rings is 2. The van der Waals surface area contributed by atoms with Crippen molar-refractivity contribution in [3.63, 3.8) is 0 Å². The van der Waals surface area contributed by atoms with Crippen molar-refractivity contribution in [2.24, 2.45) is 0 Å². The Labute approximate surface area is 185 Å². The predicted molar refractivity (Wildman–Crippen MR) is 118 cm³/mol. The van der Waals surface area contributed by atoms with Gasteiger partial charge in [-0.2, -0.15) is 21.6 Å². The zero-order valence-electron chi connectivity index (χ0n) is 17.4. The molecule has 0 aromatic heterocycles. The molecule has 2 aromatic carbocycles. The average Bonchev–Trinajstić information content (AvgIpc) is 2.65. The number of hydrogen-bond donors (Lipinski definition) is 1. The highest BCUT2D eigenvalue weighted by molar-refractivity contribution is 7.85. The summed E-state index contributed by atoms with van der Waals surface area (Å²) in [7, 11) is 0.554. The molecule has 0 radical (unpaired) electrons. The van der Waals surface area contributed by atoms with E-state index in [1.807, 2.05) is 29.6 Å². The van der Waals surface area contributed by atoms with Gasteiger partial charge in [-0.25, -0.2) is 9.59 Å². The van der Waals surface area contributed by atoms with Gasteiger partial charge in [0.2, 0.25) is 6.10 Å². The van der Waals surface area contributed by atoms with Crippen molar-refractivity contribution < 1.29 is 45.2 Å². The number of alkyl halides is 3. The number of ether oxygens (including phenoxy) is 2. The molecule has 1 N–H and O–H groups in total. The van der Waals surface area contributed by atoms with E-state index in [2.05, 4.69) is 4.74 Å². The van der Waals surface area contributed by atoms with Crippen molar-refractivity contribution in [3.05, 3.63) is 53.1 Å². The first kappa shape index (κ1) is 25.5. The lowest BCUT2D eigenvalue weighted by molar-refractivity contribution is -0.197. The lowest BCUT2D eigenvalue weighted by atomic mass is 9.77. The summed E-state index contributed by atoms with van der Waals surface area (Å²) in [5.74, 6) is -3.88. The molecule has 0 aliphatic rings. The van der Waals surface area contributed by atoms with Crippen molar-refractivity contribution in [2.45, 2.75) is 18.6 Å². The Balaban J connectivity index is 2.16. The van der Waals surface area contributed by atoms with Crippen molar-refractivity contribution in [2.75, 3.05) is 5.75 Å². The largest absolute Gasteiger partial charge is 0.448 e. The van der Waals surface area contributed by atoms with E-state index in [0.29, 0.717) is 11.9 Å². The summed E-state index contributed by atoms with van der Waals surface area (Å²) in [6.45, 7) is 0. The normalized spacial score (nSPS) is 12.8. The number of halogens is 3. The van der Waals surface area contributed by atoms with E-state index in [-0.39, 0.29) is 11.3 Å². The lowest BCUT2D eigenvalue weighted by Crippen LogP contribution is -2.39. The van der Waals surface area contributed by atoms with Crippen molar-refractivity contribution >= 4 is 56.5 Å². The Bertz CT molecular complexity index is 1120. The van der Waals surface area contributed by atoms with Crippen LogP contribution in [0.25, 0.3) is 0 Å². The van der Waals surface area contributed by atoms with Crippen LogP contribution >= 0.6 is 0 Å². The van der Waals surface area contributed by atoms with Crippen LogP contribution in [0.4, 0.5) is 13.2 Å². The van der Waals surface area contributed by atoms with Gasteiger partial charge in [-0.15, -0.1) is 0 Å². The zero-order valence-corrected chi connectivity index (χ0v) is 18.2. The van der Waals surface area contributed by atoms with Crippen molar-refractivity contribution in [3.8, 4) is 5.75 Å². The molecule has 0 heterocycles. The standard InChI is InChI=1S/C18H18B3F3O7S/c19-7-13-12(5-10(20)6-14(13)21)17(26)30-11-3-1-9(2-4-11)16(25)31-15(18(22,23)24)8-32(27,28)29/h1-6,15H,7-8,19-21H2,(H,27,28,29). The van der Waals surface area contributed by atoms with E-state index in [9.17, 15) is 31.2 Å². The van der Waals surface area contributed by atoms with Crippen molar-refractivity contribution in [1.29, 1.82) is 0 Å². The summed E-state index contributed by atoms with van der Waals surface area (Å²) in [5, 5.41) is 0. The highest BCUT2D eigenvalue weighted by Gasteiger charge is 2.45. The monoisotopic (exact) mass is 468 g/mol. The fraction of sp³-hybridized carbons (Fsp3) is 0.222. The number of rotatable bonds is 7. The van der Waals surface area contributed by atoms with E-state index in [1.54, 1.807) is 6.07 Å². The van der Waals surface area contributed by atoms with Gasteiger partial charge in [-0.3, -0.25) is 4.55 Å². The molecule has 0 aliphatic heterocycles. The van der Waals surface area contributed by atoms with Crippen LogP contribution in [-0.2, 0) is 21.2 Å². The number of esters is 2. The SMILES string of the molecule is BCc1c(B)cc(B)cc1C(=O)Oc1ccc(C(=O)OC(CS(=O)(=O)O)C(F)(F)F)cc1. The molecule has 1 atom stereocenters. The summed E-state index contributed by atoms with van der Waals surface area (Å²) >= 11 is 0. The van der Waals surface area contributed by atoms with Gasteiger partial charge >= 0.3 is 18.1 Å². The van der Waals surface area contributed by atoms with Gasteiger partial charge in [0.25, 0.3) is 10.1 Å². The molecule has 0 bridgehead atoms. The van der Waals surface area contributed by atoms with Crippen LogP contribution in [-0.4, -0.2) is 66.5 Å². The number of hydrogen-bond acceptors (Lipinski definition) is 6. The summed E-state index contributed by atoms with van der Waals surface area (Å²) in [6.07, 6.45) is -7.64. The van der Waals surface area contributed by atoms with Gasteiger partial charge in [-0.1, -0.05) is 29.4 Å². The molecule has 14 heteroatoms. The first-order valence-electron chi connectivity index (χ1n) is 9.36. The zero-order chi connectivity index (χ0) is 24.3. The molecule has 2 rings (SSSR count). The molecule has 32 heavy (non-hydrogen) atoms. The van der Waals surface area contributed by atoms with E-state index in [0.717, 1.165) is 28.6 Å². The first-order valence-corrected chi connectivity index (χ1v) is 11.0. The number of carbonyl (C=O) groups excluding carboxylic acids is 2. The molecule has 0 spiro atoms. The minimum Gasteiger partial charge on any atom is -0.448 e. The molecule has 2 aromatic rings. The lowest BCUT2D eigenvalue weighted by Gasteiger charge is -2.19. The number of carbonyl (C=O) groups is 2. The molecule has 0 amide bonds. The third-order valence-electron chi connectivity index (χ3n) is 4.47. The molecule has 168 valence electrons. The Morgan fingerprint density at radius 1 is 1.06 bits per heavy atom. The molecular weight excluding hydrogens is 450 g/mol. The maximum absolute atomic E-state index is 12.9. The Morgan fingerprint density at radius 3 is 2.16 bits per heavy atom. The fourth-order valence-corrected chi connectivity index (χ4v) is 3.69. The van der Waals surface area contributed by atoms with E-state index in [1.165, 1.54) is 12.1 Å². The summed E-state index contributed by atoms with van der Waals surface area (Å²) < 4.78 is 78.4. The molecule has 1 unspecified atom stereocenters. The van der Waals surface area contributed by atoms with Crippen molar-refractivity contribution in [1.82, 2.24) is 0 Å². The summed E-state index contributed by atoms with van der Waals surface area (Å²) in [6, 6.07) is 8.13. The fourth-order valence-electron chi connectivity index (χ4n) is 3.05. The molecule has 0 saturated heterocycles. The molecule has 0 aliphatic carbocycles. The summed E-state index contributed by atoms with van der Waals surface area (Å²) in [4.78, 5) is 24.6. The smallest absolute Gasteiger partial charge is 0.426 e. The topological polar surface area (TPSA) is 107 Å². The van der Waals surface area contributed by atoms with Crippen LogP contribution < -0.4 is 15.7 Å². The highest BCUT2D eigenvalue weighted by atomic mass is 32.2. The van der Waals surface area contributed by atoms with Crippen LogP contribution in [0, 0.1) is 0 Å². The summed E-state index contributed by atoms with van der Waals surface area (Å²) in [5.41, 5.74) is 2.66. The minimum absolute atomic E-state index is 0.0399. The van der Waals surface area contributed by atoms with Crippen LogP contribution in [0.15, 0.2) is 36.4 Å². The average molecular weight is 468 g/mol. The van der Waals surface area contributed by atoms with E-state index < -0.39 is 40.1 Å². The van der Waals surface area contributed by atoms with Crippen LogP contribution in [0.2, 0.25) is 0 Å². The van der Waals surface area contributed by atoms with Crippen LogP contribution in [0.3, 0.4) is 0 Å². The predicted octanol–water partition coefficient (Wildman–Crippen LogP) is -1.47. The van der Waals surface area contributed by atoms with Gasteiger partial charge in [0.05, 0.1) is 11.1 Å². The van der Waals surface area contributed by atoms with Crippen LogP contribution in [0.5, 0.6) is 5.75 Å². The second-order valence-electron chi connectivity index (χ2n) is 7.06. The quantitative estimate of drug-likeness (QED) is 0.229. The van der Waals surface area contributed by atoms with Gasteiger partial charge in [0.1, 0.15) is 35.0 Å². The Kier molecular flexibility index (Phi) is 7.84. The Morgan fingerprint density at radius 2 is 1.66 bits per heavy atom. The van der Waals surface area contributed by atoms with Crippen LogP contribution in [0.1, 0.15) is 26.3 Å². The van der Waals surface area contributed by atoms with E-state index >= 15 is 0 Å². The maximum atomic E-state index is 12.9. The molecule has 7 nitrogen and oxygen atoms in total. The van der Waals surface area contributed by atoms with E-state index in [4.69, 9.17) is 9.29 Å². The van der Waals surface area contributed by atoms with Gasteiger partial charge in [0, 0.05) is 0 Å².